The lowest BCUT2D eigenvalue weighted by Gasteiger charge is -2.19. The van der Waals surface area contributed by atoms with Crippen LogP contribution in [0.25, 0.3) is 33.9 Å². The molecule has 0 unspecified atom stereocenters. The minimum absolute atomic E-state index is 0.654. The van der Waals surface area contributed by atoms with E-state index in [0.29, 0.717) is 19.8 Å². The zero-order chi connectivity index (χ0) is 44.3. The van der Waals surface area contributed by atoms with E-state index < -0.39 is 0 Å². The van der Waals surface area contributed by atoms with Crippen molar-refractivity contribution in [3.05, 3.63) is 73.1 Å². The van der Waals surface area contributed by atoms with E-state index in [-0.39, 0.29) is 0 Å². The summed E-state index contributed by atoms with van der Waals surface area (Å²) in [5.74, 6) is 2.28. The van der Waals surface area contributed by atoms with Crippen LogP contribution in [0.2, 0.25) is 0 Å². The van der Waals surface area contributed by atoms with Gasteiger partial charge < -0.3 is 14.2 Å². The molecule has 3 heterocycles. The molecule has 4 aromatic rings. The number of rotatable bonds is 39. The molecule has 0 aliphatic carbocycles. The molecule has 0 saturated heterocycles. The molecule has 0 aliphatic rings. The first kappa shape index (κ1) is 51.7. The number of nitrogens with zero attached hydrogens (tertiary/aromatic N) is 3. The highest BCUT2D eigenvalue weighted by Crippen LogP contribution is 2.43. The van der Waals surface area contributed by atoms with Crippen LogP contribution in [0.3, 0.4) is 0 Å². The highest BCUT2D eigenvalue weighted by atomic mass is 16.5. The third kappa shape index (κ3) is 22.0. The van der Waals surface area contributed by atoms with Gasteiger partial charge in [0.25, 0.3) is 0 Å². The van der Waals surface area contributed by atoms with Crippen LogP contribution in [0.4, 0.5) is 0 Å². The van der Waals surface area contributed by atoms with Crippen molar-refractivity contribution in [3.63, 3.8) is 0 Å². The third-order valence-electron chi connectivity index (χ3n) is 12.3. The van der Waals surface area contributed by atoms with E-state index in [9.17, 15) is 0 Å². The van der Waals surface area contributed by atoms with E-state index in [1.807, 2.05) is 48.8 Å². The van der Waals surface area contributed by atoms with Gasteiger partial charge in [-0.1, -0.05) is 206 Å². The molecule has 0 spiro atoms. The van der Waals surface area contributed by atoms with Crippen molar-refractivity contribution in [2.45, 2.75) is 213 Å². The maximum Gasteiger partial charge on any atom is 0.203 e. The minimum atomic E-state index is 0.654. The molecule has 0 aliphatic heterocycles. The van der Waals surface area contributed by atoms with Crippen LogP contribution >= 0.6 is 0 Å². The van der Waals surface area contributed by atoms with Crippen molar-refractivity contribution in [2.75, 3.05) is 19.8 Å². The van der Waals surface area contributed by atoms with Gasteiger partial charge in [0.2, 0.25) is 5.75 Å². The molecule has 63 heavy (non-hydrogen) atoms. The molecule has 0 fully saturated rings. The number of hydrogen-bond donors (Lipinski definition) is 0. The summed E-state index contributed by atoms with van der Waals surface area (Å²) in [6, 6.07) is 20.5. The van der Waals surface area contributed by atoms with Crippen LogP contribution < -0.4 is 14.2 Å². The van der Waals surface area contributed by atoms with Gasteiger partial charge in [-0.15, -0.1) is 0 Å². The van der Waals surface area contributed by atoms with Gasteiger partial charge in [-0.25, -0.2) is 4.98 Å². The average molecular weight is 862 g/mol. The fraction of sp³-hybridized carbons (Fsp3) is 0.632. The zero-order valence-corrected chi connectivity index (χ0v) is 40.3. The van der Waals surface area contributed by atoms with E-state index in [2.05, 4.69) is 55.0 Å². The Morgan fingerprint density at radius 1 is 0.333 bits per heavy atom. The Labute approximate surface area is 385 Å². The second-order valence-electron chi connectivity index (χ2n) is 17.9. The molecule has 0 atom stereocenters. The summed E-state index contributed by atoms with van der Waals surface area (Å²) in [5, 5.41) is 0. The molecule has 1 aromatic carbocycles. The van der Waals surface area contributed by atoms with Gasteiger partial charge in [-0.05, 0) is 78.9 Å². The Bertz CT molecular complexity index is 1590. The molecule has 0 bridgehead atoms. The lowest BCUT2D eigenvalue weighted by atomic mass is 10.0. The van der Waals surface area contributed by atoms with Gasteiger partial charge in [0.05, 0.1) is 42.6 Å². The van der Waals surface area contributed by atoms with Gasteiger partial charge in [-0.2, -0.15) is 0 Å². The van der Waals surface area contributed by atoms with Crippen molar-refractivity contribution in [1.82, 2.24) is 15.0 Å². The normalized spacial score (nSPS) is 11.3. The first-order valence-electron chi connectivity index (χ1n) is 26.1. The second-order valence-corrected chi connectivity index (χ2v) is 17.9. The number of aromatic nitrogens is 3. The predicted molar refractivity (Wildman–Crippen MR) is 268 cm³/mol. The predicted octanol–water partition coefficient (Wildman–Crippen LogP) is 17.8. The van der Waals surface area contributed by atoms with E-state index in [0.717, 1.165) is 70.4 Å². The summed E-state index contributed by atoms with van der Waals surface area (Å²) in [6.07, 6.45) is 42.4. The van der Waals surface area contributed by atoms with Gasteiger partial charge >= 0.3 is 0 Å². The van der Waals surface area contributed by atoms with E-state index in [1.165, 1.54) is 173 Å². The summed E-state index contributed by atoms with van der Waals surface area (Å²) < 4.78 is 20.2. The molecule has 0 radical (unpaired) electrons. The highest BCUT2D eigenvalue weighted by Gasteiger charge is 2.19. The summed E-state index contributed by atoms with van der Waals surface area (Å²) in [5.41, 5.74) is 5.27. The fourth-order valence-electron chi connectivity index (χ4n) is 8.40. The molecule has 3 aromatic heterocycles. The van der Waals surface area contributed by atoms with E-state index in [1.54, 1.807) is 0 Å². The molecule has 0 amide bonds. The summed E-state index contributed by atoms with van der Waals surface area (Å²) in [6.45, 7) is 8.83. The molecular weight excluding hydrogens is 775 g/mol. The van der Waals surface area contributed by atoms with E-state index >= 15 is 0 Å². The van der Waals surface area contributed by atoms with Crippen molar-refractivity contribution in [3.8, 4) is 51.2 Å². The van der Waals surface area contributed by atoms with Gasteiger partial charge in [0, 0.05) is 12.4 Å². The Balaban J connectivity index is 1.53. The zero-order valence-electron chi connectivity index (χ0n) is 40.3. The Morgan fingerprint density at radius 3 is 0.984 bits per heavy atom. The fourth-order valence-corrected chi connectivity index (χ4v) is 8.40. The second kappa shape index (κ2) is 34.5. The summed E-state index contributed by atoms with van der Waals surface area (Å²) in [4.78, 5) is 14.4. The SMILES string of the molecule is CCCCCCCCCCCCOc1cc(-c2cc(-c3ccccn3)nc(-c3ccccn3)c2)cc(OCCCCCCCCCCCC)c1OCCCCCCCCCCCC. The van der Waals surface area contributed by atoms with Crippen LogP contribution in [-0.2, 0) is 0 Å². The first-order valence-corrected chi connectivity index (χ1v) is 26.1. The van der Waals surface area contributed by atoms with Crippen LogP contribution in [0.15, 0.2) is 73.1 Å². The smallest absolute Gasteiger partial charge is 0.203 e. The van der Waals surface area contributed by atoms with Crippen molar-refractivity contribution in [2.24, 2.45) is 0 Å². The molecule has 0 N–H and O–H groups in total. The summed E-state index contributed by atoms with van der Waals surface area (Å²) in [7, 11) is 0. The maximum absolute atomic E-state index is 6.75. The quantitative estimate of drug-likeness (QED) is 0.0416. The average Bonchev–Trinajstić information content (AvgIpc) is 3.32. The first-order chi connectivity index (χ1) is 31.2. The van der Waals surface area contributed by atoms with Crippen LogP contribution in [-0.4, -0.2) is 34.8 Å². The van der Waals surface area contributed by atoms with Crippen molar-refractivity contribution < 1.29 is 14.2 Å². The highest BCUT2D eigenvalue weighted by molar-refractivity contribution is 5.77. The Kier molecular flexibility index (Phi) is 28.3. The molecule has 348 valence electrons. The largest absolute Gasteiger partial charge is 0.490 e. The number of unbranched alkanes of at least 4 members (excludes halogenated alkanes) is 27. The monoisotopic (exact) mass is 862 g/mol. The third-order valence-corrected chi connectivity index (χ3v) is 12.3. The molecule has 0 saturated carbocycles. The lowest BCUT2D eigenvalue weighted by molar-refractivity contribution is 0.234. The van der Waals surface area contributed by atoms with Gasteiger partial charge in [-0.3, -0.25) is 9.97 Å². The van der Waals surface area contributed by atoms with Gasteiger partial charge in [0.15, 0.2) is 11.5 Å². The van der Waals surface area contributed by atoms with Crippen LogP contribution in [0.5, 0.6) is 17.2 Å². The molecular formula is C57H87N3O3. The lowest BCUT2D eigenvalue weighted by Crippen LogP contribution is -2.07. The maximum atomic E-state index is 6.75. The minimum Gasteiger partial charge on any atom is -0.490 e. The Hall–Kier alpha value is -3.93. The van der Waals surface area contributed by atoms with Crippen molar-refractivity contribution >= 4 is 0 Å². The Morgan fingerprint density at radius 2 is 0.651 bits per heavy atom. The number of hydrogen-bond acceptors (Lipinski definition) is 6. The van der Waals surface area contributed by atoms with Crippen LogP contribution in [0.1, 0.15) is 213 Å². The standard InChI is InChI=1S/C57H87N3O3/c1-4-7-10-13-16-19-22-25-28-35-42-61-55-47-50(49-45-53(51-38-31-33-40-58-51)60-54(46-49)52-39-32-34-41-59-52)48-56(62-43-36-29-26-23-20-17-14-11-8-5-2)57(55)63-44-37-30-27-24-21-18-15-12-9-6-3/h31-34,38-41,45-48H,4-30,35-37,42-44H2,1-3H3. The topological polar surface area (TPSA) is 66.4 Å². The number of pyridine rings is 3. The van der Waals surface area contributed by atoms with Crippen molar-refractivity contribution in [1.29, 1.82) is 0 Å². The van der Waals surface area contributed by atoms with E-state index in [4.69, 9.17) is 19.2 Å². The van der Waals surface area contributed by atoms with Gasteiger partial charge in [0.1, 0.15) is 0 Å². The molecule has 4 rings (SSSR count). The molecule has 6 nitrogen and oxygen atoms in total. The summed E-state index contributed by atoms with van der Waals surface area (Å²) >= 11 is 0. The molecule has 6 heteroatoms. The number of benzene rings is 1. The van der Waals surface area contributed by atoms with Crippen LogP contribution in [0, 0.1) is 0 Å². The number of ether oxygens (including phenoxy) is 3.